The van der Waals surface area contributed by atoms with Crippen LogP contribution < -0.4 is 4.72 Å². The maximum absolute atomic E-state index is 13.0. The Labute approximate surface area is 155 Å². The number of hydrogen-bond donors (Lipinski definition) is 1. The first-order valence-corrected chi connectivity index (χ1v) is 10.2. The molecule has 0 saturated heterocycles. The van der Waals surface area contributed by atoms with Crippen molar-refractivity contribution in [2.45, 2.75) is 6.54 Å². The van der Waals surface area contributed by atoms with Crippen molar-refractivity contribution in [3.63, 3.8) is 0 Å². The van der Waals surface area contributed by atoms with E-state index in [2.05, 4.69) is 4.72 Å². The van der Waals surface area contributed by atoms with E-state index in [0.29, 0.717) is 24.3 Å². The van der Waals surface area contributed by atoms with Gasteiger partial charge >= 0.3 is 0 Å². The predicted octanol–water partition coefficient (Wildman–Crippen LogP) is 2.26. The van der Waals surface area contributed by atoms with Crippen molar-refractivity contribution in [3.8, 4) is 0 Å². The standard InChI is InChI=1S/C19H25N3O3S/c1-21(2)12-13-22(15-16-8-5-4-6-9-16)19(23)17-10-7-11-18(14-17)20-26(3,24)25/h4-11,14,20H,12-13,15H2,1-3H3. The number of benzene rings is 2. The van der Waals surface area contributed by atoms with Gasteiger partial charge in [0.1, 0.15) is 0 Å². The lowest BCUT2D eigenvalue weighted by atomic mass is 10.1. The number of rotatable bonds is 8. The summed E-state index contributed by atoms with van der Waals surface area (Å²) >= 11 is 0. The molecule has 0 aliphatic rings. The van der Waals surface area contributed by atoms with Crippen LogP contribution in [0.25, 0.3) is 0 Å². The number of sulfonamides is 1. The van der Waals surface area contributed by atoms with Gasteiger partial charge in [0.05, 0.1) is 6.26 Å². The molecule has 0 aliphatic heterocycles. The van der Waals surface area contributed by atoms with Crippen molar-refractivity contribution in [3.05, 3.63) is 65.7 Å². The highest BCUT2D eigenvalue weighted by atomic mass is 32.2. The summed E-state index contributed by atoms with van der Waals surface area (Å²) in [5.74, 6) is -0.132. The highest BCUT2D eigenvalue weighted by Gasteiger charge is 2.17. The Kier molecular flexibility index (Phi) is 6.76. The van der Waals surface area contributed by atoms with E-state index in [4.69, 9.17) is 0 Å². The molecule has 0 fully saturated rings. The normalized spacial score (nSPS) is 11.4. The summed E-state index contributed by atoms with van der Waals surface area (Å²) in [6, 6.07) is 16.4. The van der Waals surface area contributed by atoms with E-state index in [-0.39, 0.29) is 5.91 Å². The van der Waals surface area contributed by atoms with Crippen LogP contribution in [0.3, 0.4) is 0 Å². The van der Waals surface area contributed by atoms with Crippen LogP contribution in [0.1, 0.15) is 15.9 Å². The van der Waals surface area contributed by atoms with Crippen LogP contribution in [0.4, 0.5) is 5.69 Å². The second-order valence-electron chi connectivity index (χ2n) is 6.47. The Balaban J connectivity index is 2.23. The molecule has 0 radical (unpaired) electrons. The van der Waals surface area contributed by atoms with Crippen molar-refractivity contribution in [2.75, 3.05) is 38.2 Å². The van der Waals surface area contributed by atoms with Gasteiger partial charge in [0.25, 0.3) is 5.91 Å². The molecular weight excluding hydrogens is 350 g/mol. The molecule has 0 spiro atoms. The molecular formula is C19H25N3O3S. The zero-order chi connectivity index (χ0) is 19.2. The average Bonchev–Trinajstić information content (AvgIpc) is 2.57. The molecule has 6 nitrogen and oxygen atoms in total. The molecule has 0 unspecified atom stereocenters. The van der Waals surface area contributed by atoms with Gasteiger partial charge in [0, 0.05) is 30.9 Å². The number of nitrogens with one attached hydrogen (secondary N) is 1. The third-order valence-corrected chi connectivity index (χ3v) is 4.34. The van der Waals surface area contributed by atoms with Crippen LogP contribution in [-0.2, 0) is 16.6 Å². The topological polar surface area (TPSA) is 69.7 Å². The molecule has 0 saturated carbocycles. The maximum Gasteiger partial charge on any atom is 0.254 e. The van der Waals surface area contributed by atoms with Gasteiger partial charge in [0.2, 0.25) is 10.0 Å². The molecule has 2 aromatic rings. The smallest absolute Gasteiger partial charge is 0.254 e. The summed E-state index contributed by atoms with van der Waals surface area (Å²) in [4.78, 5) is 16.8. The van der Waals surface area contributed by atoms with Gasteiger partial charge in [-0.05, 0) is 37.9 Å². The molecule has 0 atom stereocenters. The number of likely N-dealkylation sites (N-methyl/N-ethyl adjacent to an activating group) is 1. The van der Waals surface area contributed by atoms with E-state index in [0.717, 1.165) is 18.4 Å². The van der Waals surface area contributed by atoms with Gasteiger partial charge in [-0.25, -0.2) is 8.42 Å². The summed E-state index contributed by atoms with van der Waals surface area (Å²) in [5, 5.41) is 0. The zero-order valence-corrected chi connectivity index (χ0v) is 16.2. The van der Waals surface area contributed by atoms with Crippen LogP contribution in [0, 0.1) is 0 Å². The first-order chi connectivity index (χ1) is 12.2. The van der Waals surface area contributed by atoms with Crippen molar-refractivity contribution >= 4 is 21.6 Å². The highest BCUT2D eigenvalue weighted by Crippen LogP contribution is 2.15. The van der Waals surface area contributed by atoms with E-state index in [1.54, 1.807) is 29.2 Å². The SMILES string of the molecule is CN(C)CCN(Cc1ccccc1)C(=O)c1cccc(NS(C)(=O)=O)c1. The minimum absolute atomic E-state index is 0.132. The van der Waals surface area contributed by atoms with E-state index < -0.39 is 10.0 Å². The highest BCUT2D eigenvalue weighted by molar-refractivity contribution is 7.92. The molecule has 0 heterocycles. The van der Waals surface area contributed by atoms with Gasteiger partial charge in [-0.3, -0.25) is 9.52 Å². The zero-order valence-electron chi connectivity index (χ0n) is 15.3. The maximum atomic E-state index is 13.0. The Morgan fingerprint density at radius 1 is 1.00 bits per heavy atom. The minimum atomic E-state index is -3.39. The van der Waals surface area contributed by atoms with Crippen LogP contribution in [-0.4, -0.2) is 57.6 Å². The van der Waals surface area contributed by atoms with Crippen molar-refractivity contribution < 1.29 is 13.2 Å². The van der Waals surface area contributed by atoms with Gasteiger partial charge in [-0.1, -0.05) is 36.4 Å². The van der Waals surface area contributed by atoms with Gasteiger partial charge in [0.15, 0.2) is 0 Å². The lowest BCUT2D eigenvalue weighted by molar-refractivity contribution is 0.0732. The number of carbonyl (C=O) groups excluding carboxylic acids is 1. The van der Waals surface area contributed by atoms with Crippen LogP contribution in [0.2, 0.25) is 0 Å². The molecule has 0 bridgehead atoms. The molecule has 2 aromatic carbocycles. The van der Waals surface area contributed by atoms with Crippen molar-refractivity contribution in [2.24, 2.45) is 0 Å². The molecule has 26 heavy (non-hydrogen) atoms. The van der Waals surface area contributed by atoms with Crippen molar-refractivity contribution in [1.29, 1.82) is 0 Å². The van der Waals surface area contributed by atoms with Gasteiger partial charge in [-0.2, -0.15) is 0 Å². The van der Waals surface area contributed by atoms with Crippen molar-refractivity contribution in [1.82, 2.24) is 9.80 Å². The first kappa shape index (κ1) is 19.9. The second-order valence-corrected chi connectivity index (χ2v) is 8.22. The van der Waals surface area contributed by atoms with E-state index >= 15 is 0 Å². The van der Waals surface area contributed by atoms with Gasteiger partial charge < -0.3 is 9.80 Å². The minimum Gasteiger partial charge on any atom is -0.333 e. The quantitative estimate of drug-likeness (QED) is 0.768. The van der Waals surface area contributed by atoms with E-state index in [1.165, 1.54) is 0 Å². The summed E-state index contributed by atoms with van der Waals surface area (Å²) in [6.07, 6.45) is 1.08. The van der Waals surface area contributed by atoms with E-state index in [1.807, 2.05) is 49.3 Å². The Morgan fingerprint density at radius 2 is 1.69 bits per heavy atom. The molecule has 1 N–H and O–H groups in total. The summed E-state index contributed by atoms with van der Waals surface area (Å²) in [7, 11) is 0.529. The van der Waals surface area contributed by atoms with Gasteiger partial charge in [-0.15, -0.1) is 0 Å². The van der Waals surface area contributed by atoms with Crippen LogP contribution >= 0.6 is 0 Å². The average molecular weight is 375 g/mol. The van der Waals surface area contributed by atoms with Crippen LogP contribution in [0.5, 0.6) is 0 Å². The number of nitrogens with zero attached hydrogens (tertiary/aromatic N) is 2. The van der Waals surface area contributed by atoms with Crippen LogP contribution in [0.15, 0.2) is 54.6 Å². The Morgan fingerprint density at radius 3 is 2.31 bits per heavy atom. The monoisotopic (exact) mass is 375 g/mol. The van der Waals surface area contributed by atoms with E-state index in [9.17, 15) is 13.2 Å². The Hall–Kier alpha value is -2.38. The predicted molar refractivity (Wildman–Crippen MR) is 105 cm³/mol. The number of hydrogen-bond acceptors (Lipinski definition) is 4. The second kappa shape index (κ2) is 8.82. The number of amides is 1. The molecule has 7 heteroatoms. The summed E-state index contributed by atoms with van der Waals surface area (Å²) in [5.41, 5.74) is 1.88. The molecule has 0 aromatic heterocycles. The first-order valence-electron chi connectivity index (χ1n) is 8.30. The summed E-state index contributed by atoms with van der Waals surface area (Å²) < 4.78 is 25.3. The molecule has 1 amide bonds. The fourth-order valence-electron chi connectivity index (χ4n) is 2.49. The number of anilines is 1. The molecule has 2 rings (SSSR count). The number of carbonyl (C=O) groups is 1. The lowest BCUT2D eigenvalue weighted by Gasteiger charge is -2.25. The fourth-order valence-corrected chi connectivity index (χ4v) is 3.04. The third kappa shape index (κ3) is 6.50. The third-order valence-electron chi connectivity index (χ3n) is 3.73. The summed E-state index contributed by atoms with van der Waals surface area (Å²) in [6.45, 7) is 1.81. The fraction of sp³-hybridized carbons (Fsp3) is 0.316. The lowest BCUT2D eigenvalue weighted by Crippen LogP contribution is -2.36. The Bertz CT molecular complexity index is 836. The molecule has 0 aliphatic carbocycles. The molecule has 140 valence electrons. The largest absolute Gasteiger partial charge is 0.333 e.